The number of ether oxygens (including phenoxy) is 1. The number of fused-ring (bicyclic) bond motifs is 1. The third-order valence-electron chi connectivity index (χ3n) is 4.48. The highest BCUT2D eigenvalue weighted by Crippen LogP contribution is 2.23. The smallest absolute Gasteiger partial charge is 0.255 e. The van der Waals surface area contributed by atoms with Crippen LogP contribution >= 0.6 is 0 Å². The standard InChI is InChI=1S/C24H23N3O2/c1-16(2)15-29-20-12-10-17(11-13-20)24(28)25-19-7-5-6-18(14-19)23-26-21-8-3-4-9-22(21)27-23/h3-14,16H,15H2,1-2H3,(H,25,28)(H,26,27). The zero-order valence-corrected chi connectivity index (χ0v) is 16.5. The van der Waals surface area contributed by atoms with E-state index in [2.05, 4.69) is 29.1 Å². The van der Waals surface area contributed by atoms with Crippen LogP contribution in [0.2, 0.25) is 0 Å². The number of hydrogen-bond donors (Lipinski definition) is 2. The number of anilines is 1. The molecule has 0 aliphatic heterocycles. The largest absolute Gasteiger partial charge is 0.493 e. The SMILES string of the molecule is CC(C)COc1ccc(C(=O)Nc2cccc(-c3nc4ccccc4[nH]3)c2)cc1. The molecule has 0 fully saturated rings. The summed E-state index contributed by atoms with van der Waals surface area (Å²) in [5, 5.41) is 2.95. The summed E-state index contributed by atoms with van der Waals surface area (Å²) in [5.74, 6) is 1.83. The van der Waals surface area contributed by atoms with E-state index in [0.717, 1.165) is 28.2 Å². The van der Waals surface area contributed by atoms with Gasteiger partial charge in [0, 0.05) is 16.8 Å². The number of nitrogens with zero attached hydrogens (tertiary/aromatic N) is 1. The highest BCUT2D eigenvalue weighted by atomic mass is 16.5. The fourth-order valence-electron chi connectivity index (χ4n) is 3.00. The van der Waals surface area contributed by atoms with Crippen molar-refractivity contribution in [3.8, 4) is 17.1 Å². The number of imidazole rings is 1. The molecule has 0 spiro atoms. The van der Waals surface area contributed by atoms with Crippen molar-refractivity contribution in [2.24, 2.45) is 5.92 Å². The van der Waals surface area contributed by atoms with Gasteiger partial charge in [-0.3, -0.25) is 4.79 Å². The lowest BCUT2D eigenvalue weighted by Gasteiger charge is -2.10. The van der Waals surface area contributed by atoms with E-state index in [1.165, 1.54) is 0 Å². The van der Waals surface area contributed by atoms with E-state index in [0.29, 0.717) is 23.8 Å². The normalized spacial score (nSPS) is 11.0. The summed E-state index contributed by atoms with van der Waals surface area (Å²) in [7, 11) is 0. The van der Waals surface area contributed by atoms with Gasteiger partial charge in [-0.25, -0.2) is 4.98 Å². The van der Waals surface area contributed by atoms with Gasteiger partial charge in [-0.2, -0.15) is 0 Å². The summed E-state index contributed by atoms with van der Waals surface area (Å²) in [5.41, 5.74) is 4.11. The molecule has 146 valence electrons. The second kappa shape index (κ2) is 8.19. The van der Waals surface area contributed by atoms with E-state index >= 15 is 0 Å². The number of para-hydroxylation sites is 2. The van der Waals surface area contributed by atoms with E-state index < -0.39 is 0 Å². The van der Waals surface area contributed by atoms with Gasteiger partial charge >= 0.3 is 0 Å². The average Bonchev–Trinajstić information content (AvgIpc) is 3.17. The Kier molecular flexibility index (Phi) is 5.29. The van der Waals surface area contributed by atoms with Crippen LogP contribution in [0, 0.1) is 5.92 Å². The molecule has 0 saturated carbocycles. The molecule has 0 bridgehead atoms. The molecule has 5 nitrogen and oxygen atoms in total. The van der Waals surface area contributed by atoms with Gasteiger partial charge in [0.1, 0.15) is 11.6 Å². The van der Waals surface area contributed by atoms with Crippen LogP contribution in [0.25, 0.3) is 22.4 Å². The van der Waals surface area contributed by atoms with Crippen LogP contribution in [0.5, 0.6) is 5.75 Å². The molecule has 2 N–H and O–H groups in total. The van der Waals surface area contributed by atoms with Crippen LogP contribution in [0.1, 0.15) is 24.2 Å². The van der Waals surface area contributed by atoms with E-state index in [1.54, 1.807) is 12.1 Å². The minimum absolute atomic E-state index is 0.165. The summed E-state index contributed by atoms with van der Waals surface area (Å²) in [4.78, 5) is 20.5. The van der Waals surface area contributed by atoms with Crippen LogP contribution in [-0.4, -0.2) is 22.5 Å². The Labute approximate surface area is 169 Å². The molecule has 4 aromatic rings. The van der Waals surface area contributed by atoms with Crippen molar-refractivity contribution in [3.05, 3.63) is 78.4 Å². The highest BCUT2D eigenvalue weighted by molar-refractivity contribution is 6.04. The number of aromatic nitrogens is 2. The predicted molar refractivity (Wildman–Crippen MR) is 116 cm³/mol. The second-order valence-electron chi connectivity index (χ2n) is 7.37. The average molecular weight is 385 g/mol. The Bertz CT molecular complexity index is 1100. The van der Waals surface area contributed by atoms with Crippen molar-refractivity contribution in [1.82, 2.24) is 9.97 Å². The number of carbonyl (C=O) groups is 1. The topological polar surface area (TPSA) is 67.0 Å². The number of benzene rings is 3. The predicted octanol–water partition coefficient (Wildman–Crippen LogP) is 5.52. The highest BCUT2D eigenvalue weighted by Gasteiger charge is 2.09. The van der Waals surface area contributed by atoms with Gasteiger partial charge in [0.15, 0.2) is 0 Å². The molecular weight excluding hydrogens is 362 g/mol. The van der Waals surface area contributed by atoms with Gasteiger partial charge < -0.3 is 15.0 Å². The number of aromatic amines is 1. The van der Waals surface area contributed by atoms with Crippen LogP contribution in [0.3, 0.4) is 0 Å². The Morgan fingerprint density at radius 1 is 1.03 bits per heavy atom. The Morgan fingerprint density at radius 3 is 2.59 bits per heavy atom. The van der Waals surface area contributed by atoms with Crippen molar-refractivity contribution < 1.29 is 9.53 Å². The first-order valence-electron chi connectivity index (χ1n) is 9.68. The van der Waals surface area contributed by atoms with Gasteiger partial charge in [-0.1, -0.05) is 38.1 Å². The van der Waals surface area contributed by atoms with Crippen molar-refractivity contribution in [2.75, 3.05) is 11.9 Å². The van der Waals surface area contributed by atoms with Crippen molar-refractivity contribution >= 4 is 22.6 Å². The van der Waals surface area contributed by atoms with Crippen LogP contribution in [-0.2, 0) is 0 Å². The van der Waals surface area contributed by atoms with Gasteiger partial charge in [-0.05, 0) is 54.4 Å². The third-order valence-corrected chi connectivity index (χ3v) is 4.48. The maximum atomic E-state index is 12.6. The summed E-state index contributed by atoms with van der Waals surface area (Å²) >= 11 is 0. The van der Waals surface area contributed by atoms with Crippen molar-refractivity contribution in [2.45, 2.75) is 13.8 Å². The number of H-pyrrole nitrogens is 1. The number of nitrogens with one attached hydrogen (secondary N) is 2. The molecule has 0 aliphatic carbocycles. The fourth-order valence-corrected chi connectivity index (χ4v) is 3.00. The third kappa shape index (κ3) is 4.46. The summed E-state index contributed by atoms with van der Waals surface area (Å²) < 4.78 is 5.67. The Balaban J connectivity index is 1.48. The minimum Gasteiger partial charge on any atom is -0.493 e. The van der Waals surface area contributed by atoms with Crippen LogP contribution < -0.4 is 10.1 Å². The summed E-state index contributed by atoms with van der Waals surface area (Å²) in [6.07, 6.45) is 0. The first-order chi connectivity index (χ1) is 14.1. The minimum atomic E-state index is -0.165. The molecule has 0 unspecified atom stereocenters. The van der Waals surface area contributed by atoms with Crippen LogP contribution in [0.4, 0.5) is 5.69 Å². The zero-order chi connectivity index (χ0) is 20.2. The fraction of sp³-hybridized carbons (Fsp3) is 0.167. The molecule has 4 rings (SSSR count). The molecule has 0 radical (unpaired) electrons. The Hall–Kier alpha value is -3.60. The van der Waals surface area contributed by atoms with E-state index in [9.17, 15) is 4.79 Å². The first-order valence-corrected chi connectivity index (χ1v) is 9.68. The number of hydrogen-bond acceptors (Lipinski definition) is 3. The molecule has 0 saturated heterocycles. The molecule has 1 heterocycles. The van der Waals surface area contributed by atoms with E-state index in [1.807, 2.05) is 60.7 Å². The molecule has 0 aliphatic rings. The van der Waals surface area contributed by atoms with Gasteiger partial charge in [-0.15, -0.1) is 0 Å². The summed E-state index contributed by atoms with van der Waals surface area (Å²) in [6, 6.07) is 22.7. The maximum Gasteiger partial charge on any atom is 0.255 e. The van der Waals surface area contributed by atoms with Gasteiger partial charge in [0.25, 0.3) is 5.91 Å². The molecule has 0 atom stereocenters. The lowest BCUT2D eigenvalue weighted by molar-refractivity contribution is 0.102. The molecule has 5 heteroatoms. The lowest BCUT2D eigenvalue weighted by atomic mass is 10.1. The van der Waals surface area contributed by atoms with E-state index in [4.69, 9.17) is 4.74 Å². The first kappa shape index (κ1) is 18.7. The van der Waals surface area contributed by atoms with E-state index in [-0.39, 0.29) is 5.91 Å². The van der Waals surface area contributed by atoms with Gasteiger partial charge in [0.2, 0.25) is 0 Å². The molecule has 29 heavy (non-hydrogen) atoms. The van der Waals surface area contributed by atoms with Crippen LogP contribution in [0.15, 0.2) is 72.8 Å². The number of rotatable bonds is 6. The maximum absolute atomic E-state index is 12.6. The van der Waals surface area contributed by atoms with Crippen molar-refractivity contribution in [1.29, 1.82) is 0 Å². The lowest BCUT2D eigenvalue weighted by Crippen LogP contribution is -2.12. The molecular formula is C24H23N3O2. The Morgan fingerprint density at radius 2 is 1.83 bits per heavy atom. The monoisotopic (exact) mass is 385 g/mol. The quantitative estimate of drug-likeness (QED) is 0.459. The van der Waals surface area contributed by atoms with Gasteiger partial charge in [0.05, 0.1) is 17.6 Å². The summed E-state index contributed by atoms with van der Waals surface area (Å²) in [6.45, 7) is 4.85. The molecule has 3 aromatic carbocycles. The number of carbonyl (C=O) groups excluding carboxylic acids is 1. The molecule has 1 aromatic heterocycles. The second-order valence-corrected chi connectivity index (χ2v) is 7.37. The zero-order valence-electron chi connectivity index (χ0n) is 16.5. The number of amides is 1. The van der Waals surface area contributed by atoms with Crippen molar-refractivity contribution in [3.63, 3.8) is 0 Å². The molecule has 1 amide bonds.